The molecular weight excluding hydrogens is 446 g/mol. The minimum absolute atomic E-state index is 0. The first-order valence-electron chi connectivity index (χ1n) is 9.90. The van der Waals surface area contributed by atoms with Gasteiger partial charge in [-0.05, 0) is 29.8 Å². The predicted octanol–water partition coefficient (Wildman–Crippen LogP) is -1.21. The van der Waals surface area contributed by atoms with Gasteiger partial charge in [0.15, 0.2) is 23.9 Å². The molecule has 0 unspecified atom stereocenters. The fourth-order valence-corrected chi connectivity index (χ4v) is 3.28. The number of amides is 1. The molecule has 0 atom stereocenters. The number of hydrogen-bond acceptors (Lipinski definition) is 6. The second-order valence-electron chi connectivity index (χ2n) is 7.07. The van der Waals surface area contributed by atoms with Crippen LogP contribution in [-0.2, 0) is 17.9 Å². The number of rotatable bonds is 7. The van der Waals surface area contributed by atoms with Gasteiger partial charge in [-0.15, -0.1) is 5.10 Å². The molecule has 2 heterocycles. The maximum atomic E-state index is 12.6. The molecule has 0 aliphatic heterocycles. The van der Waals surface area contributed by atoms with Crippen LogP contribution in [0.25, 0.3) is 10.9 Å². The monoisotopic (exact) mass is 467 g/mol. The molecule has 10 heteroatoms. The summed E-state index contributed by atoms with van der Waals surface area (Å²) in [6, 6.07) is 16.0. The van der Waals surface area contributed by atoms with Crippen LogP contribution >= 0.6 is 0 Å². The van der Waals surface area contributed by atoms with E-state index in [1.54, 1.807) is 67.6 Å². The third-order valence-corrected chi connectivity index (χ3v) is 4.92. The van der Waals surface area contributed by atoms with Gasteiger partial charge in [0.05, 0.1) is 26.2 Å². The first-order chi connectivity index (χ1) is 15.6. The average molecular weight is 468 g/mol. The highest BCUT2D eigenvalue weighted by atomic mass is 35.5. The van der Waals surface area contributed by atoms with Crippen molar-refractivity contribution in [1.29, 1.82) is 0 Å². The number of halogens is 1. The SMILES string of the molecule is COc1ccc(NC(=O)C[n+]2ccc(Cn3nnc4ccccc4c3=O)cc2)cc1OC.[Cl-]. The molecule has 1 amide bonds. The number of fused-ring (bicyclic) bond motifs is 1. The van der Waals surface area contributed by atoms with E-state index in [0.717, 1.165) is 5.56 Å². The van der Waals surface area contributed by atoms with E-state index in [4.69, 9.17) is 9.47 Å². The summed E-state index contributed by atoms with van der Waals surface area (Å²) in [5.41, 5.74) is 1.86. The summed E-state index contributed by atoms with van der Waals surface area (Å²) >= 11 is 0. The van der Waals surface area contributed by atoms with Crippen molar-refractivity contribution < 1.29 is 31.2 Å². The van der Waals surface area contributed by atoms with E-state index in [0.29, 0.717) is 28.1 Å². The van der Waals surface area contributed by atoms with Gasteiger partial charge in [-0.25, -0.2) is 4.68 Å². The topological polar surface area (TPSA) is 99.2 Å². The normalized spacial score (nSPS) is 10.4. The lowest BCUT2D eigenvalue weighted by molar-refractivity contribution is -0.684. The van der Waals surface area contributed by atoms with E-state index in [-0.39, 0.29) is 37.0 Å². The van der Waals surface area contributed by atoms with Crippen LogP contribution in [0.5, 0.6) is 11.5 Å². The van der Waals surface area contributed by atoms with Crippen molar-refractivity contribution in [1.82, 2.24) is 15.0 Å². The van der Waals surface area contributed by atoms with Crippen molar-refractivity contribution in [2.24, 2.45) is 0 Å². The van der Waals surface area contributed by atoms with Gasteiger partial charge in [-0.3, -0.25) is 9.59 Å². The number of pyridine rings is 1. The van der Waals surface area contributed by atoms with Gasteiger partial charge < -0.3 is 27.2 Å². The third kappa shape index (κ3) is 5.45. The molecule has 4 rings (SSSR count). The minimum Gasteiger partial charge on any atom is -1.00 e. The maximum Gasteiger partial charge on any atom is 0.290 e. The Balaban J connectivity index is 0.00000306. The van der Waals surface area contributed by atoms with Crippen LogP contribution in [-0.4, -0.2) is 35.1 Å². The summed E-state index contributed by atoms with van der Waals surface area (Å²) in [4.78, 5) is 25.0. The lowest BCUT2D eigenvalue weighted by Crippen LogP contribution is -3.00. The zero-order valence-corrected chi connectivity index (χ0v) is 18.8. The van der Waals surface area contributed by atoms with Crippen LogP contribution in [0.2, 0.25) is 0 Å². The fourth-order valence-electron chi connectivity index (χ4n) is 3.28. The molecule has 4 aromatic rings. The summed E-state index contributed by atoms with van der Waals surface area (Å²) in [7, 11) is 3.10. The summed E-state index contributed by atoms with van der Waals surface area (Å²) in [5.74, 6) is 0.937. The third-order valence-electron chi connectivity index (χ3n) is 4.92. The van der Waals surface area contributed by atoms with Gasteiger partial charge in [0.1, 0.15) is 5.52 Å². The molecular formula is C23H22ClN5O4. The van der Waals surface area contributed by atoms with Gasteiger partial charge in [0.25, 0.3) is 11.5 Å². The van der Waals surface area contributed by atoms with Crippen LogP contribution < -0.4 is 37.3 Å². The molecule has 2 aromatic carbocycles. The number of benzene rings is 2. The Kier molecular flexibility index (Phi) is 7.57. The number of hydrogen-bond donors (Lipinski definition) is 1. The van der Waals surface area contributed by atoms with Crippen LogP contribution in [0.1, 0.15) is 5.56 Å². The molecule has 2 aromatic heterocycles. The lowest BCUT2D eigenvalue weighted by atomic mass is 10.2. The molecule has 170 valence electrons. The molecule has 0 aliphatic carbocycles. The first kappa shape index (κ1) is 23.7. The van der Waals surface area contributed by atoms with Crippen molar-refractivity contribution in [2.45, 2.75) is 13.1 Å². The van der Waals surface area contributed by atoms with Crippen molar-refractivity contribution >= 4 is 22.5 Å². The molecule has 0 saturated heterocycles. The number of methoxy groups -OCH3 is 2. The molecule has 0 bridgehead atoms. The largest absolute Gasteiger partial charge is 1.00 e. The van der Waals surface area contributed by atoms with Gasteiger partial charge in [-0.1, -0.05) is 17.3 Å². The van der Waals surface area contributed by atoms with Gasteiger partial charge in [-0.2, -0.15) is 4.57 Å². The number of carbonyl (C=O) groups is 1. The molecule has 33 heavy (non-hydrogen) atoms. The Hall–Kier alpha value is -3.98. The van der Waals surface area contributed by atoms with E-state index >= 15 is 0 Å². The Morgan fingerprint density at radius 3 is 2.48 bits per heavy atom. The van der Waals surface area contributed by atoms with Crippen molar-refractivity contribution in [3.05, 3.63) is 82.9 Å². The number of ether oxygens (including phenoxy) is 2. The molecule has 0 spiro atoms. The highest BCUT2D eigenvalue weighted by Crippen LogP contribution is 2.29. The Labute approximate surface area is 196 Å². The molecule has 1 N–H and O–H groups in total. The van der Waals surface area contributed by atoms with E-state index in [1.165, 1.54) is 4.68 Å². The average Bonchev–Trinajstić information content (AvgIpc) is 2.82. The summed E-state index contributed by atoms with van der Waals surface area (Å²) in [6.07, 6.45) is 3.56. The van der Waals surface area contributed by atoms with Crippen molar-refractivity contribution in [3.8, 4) is 11.5 Å². The quantitative estimate of drug-likeness (QED) is 0.342. The summed E-state index contributed by atoms with van der Waals surface area (Å²) in [5, 5.41) is 11.5. The van der Waals surface area contributed by atoms with Gasteiger partial charge in [0, 0.05) is 23.9 Å². The highest BCUT2D eigenvalue weighted by Gasteiger charge is 2.12. The highest BCUT2D eigenvalue weighted by molar-refractivity contribution is 5.90. The van der Waals surface area contributed by atoms with E-state index in [9.17, 15) is 9.59 Å². The Morgan fingerprint density at radius 2 is 1.76 bits per heavy atom. The molecule has 0 saturated carbocycles. The maximum absolute atomic E-state index is 12.6. The number of carbonyl (C=O) groups excluding carboxylic acids is 1. The zero-order valence-electron chi connectivity index (χ0n) is 18.1. The van der Waals surface area contributed by atoms with Crippen molar-refractivity contribution in [3.63, 3.8) is 0 Å². The molecule has 0 aliphatic rings. The molecule has 9 nitrogen and oxygen atoms in total. The summed E-state index contributed by atoms with van der Waals surface area (Å²) < 4.78 is 13.5. The predicted molar refractivity (Wildman–Crippen MR) is 118 cm³/mol. The molecule has 0 radical (unpaired) electrons. The number of nitrogens with zero attached hydrogens (tertiary/aromatic N) is 4. The van der Waals surface area contributed by atoms with E-state index in [2.05, 4.69) is 15.6 Å². The number of nitrogens with one attached hydrogen (secondary N) is 1. The minimum atomic E-state index is -0.193. The lowest BCUT2D eigenvalue weighted by Gasteiger charge is -2.10. The van der Waals surface area contributed by atoms with Gasteiger partial charge >= 0.3 is 0 Å². The van der Waals surface area contributed by atoms with Crippen molar-refractivity contribution in [2.75, 3.05) is 19.5 Å². The van der Waals surface area contributed by atoms with Crippen LogP contribution in [0, 0.1) is 0 Å². The number of aromatic nitrogens is 4. The second kappa shape index (κ2) is 10.6. The number of anilines is 1. The summed E-state index contributed by atoms with van der Waals surface area (Å²) in [6.45, 7) is 0.416. The van der Waals surface area contributed by atoms with E-state index in [1.807, 2.05) is 18.2 Å². The first-order valence-corrected chi connectivity index (χ1v) is 9.90. The smallest absolute Gasteiger partial charge is 0.290 e. The van der Waals surface area contributed by atoms with Crippen LogP contribution in [0.3, 0.4) is 0 Å². The van der Waals surface area contributed by atoms with E-state index < -0.39 is 0 Å². The van der Waals surface area contributed by atoms with Crippen LogP contribution in [0.15, 0.2) is 71.8 Å². The molecule has 0 fully saturated rings. The standard InChI is InChI=1S/C23H21N5O4.ClH/c1-31-20-8-7-17(13-21(20)32-2)24-22(29)15-27-11-9-16(10-12-27)14-28-23(30)18-5-3-4-6-19(18)25-26-28;/h3-13H,14-15H2,1-2H3;1H. The Bertz CT molecular complexity index is 1320. The second-order valence-corrected chi connectivity index (χ2v) is 7.07. The van der Waals surface area contributed by atoms with Gasteiger partial charge in [0.2, 0.25) is 6.54 Å². The zero-order chi connectivity index (χ0) is 22.5. The van der Waals surface area contributed by atoms with Crippen LogP contribution in [0.4, 0.5) is 5.69 Å². The Morgan fingerprint density at radius 1 is 1.03 bits per heavy atom. The fraction of sp³-hybridized carbons (Fsp3) is 0.174.